The zero-order valence-electron chi connectivity index (χ0n) is 26.8. The quantitative estimate of drug-likeness (QED) is 0.201. The fourth-order valence-corrected chi connectivity index (χ4v) is 4.79. The van der Waals surface area contributed by atoms with E-state index in [9.17, 15) is 19.5 Å². The number of benzene rings is 2. The number of carbonyl (C=O) groups is 3. The number of rotatable bonds is 14. The molecular weight excluding hydrogens is 530 g/mol. The van der Waals surface area contributed by atoms with Gasteiger partial charge in [0, 0.05) is 12.2 Å². The maximum Gasteiger partial charge on any atom is 0.408 e. The lowest BCUT2D eigenvalue weighted by Crippen LogP contribution is -2.54. The summed E-state index contributed by atoms with van der Waals surface area (Å²) in [7, 11) is 0. The monoisotopic (exact) mass is 581 g/mol. The Morgan fingerprint density at radius 2 is 1.57 bits per heavy atom. The predicted octanol–water partition coefficient (Wildman–Crippen LogP) is 7.43. The number of hydrogen-bond donors (Lipinski definition) is 3. The van der Waals surface area contributed by atoms with Crippen LogP contribution < -0.4 is 10.6 Å². The smallest absolute Gasteiger partial charge is 0.408 e. The maximum atomic E-state index is 14.4. The van der Waals surface area contributed by atoms with Gasteiger partial charge in [0.15, 0.2) is 0 Å². The van der Waals surface area contributed by atoms with Gasteiger partial charge in [0.2, 0.25) is 5.91 Å². The standard InChI is InChI=1S/C34H51N3O5/c1-9-10-11-12-13-16-21-37(32(40)29(23(2)3)36-33(41)42-34(6,7)8)30(26-19-20-28(38)25(5)22-26)31(39)35-27-18-15-14-17-24(27)4/h14-15,17-20,22-23,29-30,38H,9-13,16,21H2,1-8H3,(H,35,39)(H,36,41). The molecule has 0 heterocycles. The van der Waals surface area contributed by atoms with Gasteiger partial charge in [0.25, 0.3) is 5.91 Å². The van der Waals surface area contributed by atoms with Crippen LogP contribution in [-0.2, 0) is 14.3 Å². The third-order valence-corrected chi connectivity index (χ3v) is 7.14. The van der Waals surface area contributed by atoms with E-state index in [0.717, 1.165) is 37.7 Å². The summed E-state index contributed by atoms with van der Waals surface area (Å²) in [4.78, 5) is 42.8. The van der Waals surface area contributed by atoms with Gasteiger partial charge in [-0.15, -0.1) is 0 Å². The molecule has 2 rings (SSSR count). The highest BCUT2D eigenvalue weighted by atomic mass is 16.6. The molecule has 0 fully saturated rings. The number of nitrogens with zero attached hydrogens (tertiary/aromatic N) is 1. The summed E-state index contributed by atoms with van der Waals surface area (Å²) >= 11 is 0. The topological polar surface area (TPSA) is 108 Å². The van der Waals surface area contributed by atoms with Crippen LogP contribution in [0.4, 0.5) is 10.5 Å². The number of hydrogen-bond acceptors (Lipinski definition) is 5. The van der Waals surface area contributed by atoms with Crippen LogP contribution in [0.3, 0.4) is 0 Å². The summed E-state index contributed by atoms with van der Waals surface area (Å²) in [5.41, 5.74) is 2.00. The van der Waals surface area contributed by atoms with Crippen molar-refractivity contribution in [1.29, 1.82) is 0 Å². The zero-order chi connectivity index (χ0) is 31.4. The first-order chi connectivity index (χ1) is 19.7. The van der Waals surface area contributed by atoms with Crippen molar-refractivity contribution in [3.8, 4) is 5.75 Å². The first kappa shape index (κ1) is 34.7. The van der Waals surface area contributed by atoms with Crippen molar-refractivity contribution < 1.29 is 24.2 Å². The molecule has 0 aliphatic heterocycles. The molecule has 0 aromatic heterocycles. The molecule has 0 bridgehead atoms. The van der Waals surface area contributed by atoms with Crippen LogP contribution in [0.5, 0.6) is 5.75 Å². The SMILES string of the molecule is CCCCCCCCN(C(=O)C(NC(=O)OC(C)(C)C)C(C)C)C(C(=O)Nc1ccccc1C)c1ccc(O)c(C)c1. The van der Waals surface area contributed by atoms with E-state index in [-0.39, 0.29) is 23.5 Å². The number of ether oxygens (including phenoxy) is 1. The molecule has 0 radical (unpaired) electrons. The molecule has 2 atom stereocenters. The van der Waals surface area contributed by atoms with Crippen molar-refractivity contribution in [1.82, 2.24) is 10.2 Å². The first-order valence-corrected chi connectivity index (χ1v) is 15.2. The molecule has 0 saturated heterocycles. The highest BCUT2D eigenvalue weighted by molar-refractivity contribution is 5.99. The maximum absolute atomic E-state index is 14.4. The van der Waals surface area contributed by atoms with E-state index < -0.39 is 23.8 Å². The van der Waals surface area contributed by atoms with Crippen LogP contribution >= 0.6 is 0 Å². The van der Waals surface area contributed by atoms with Gasteiger partial charge in [-0.05, 0) is 81.8 Å². The van der Waals surface area contributed by atoms with Gasteiger partial charge in [0.1, 0.15) is 23.4 Å². The Kier molecular flexibility index (Phi) is 13.4. The number of unbranched alkanes of at least 4 members (excludes halogenated alkanes) is 5. The number of phenolic OH excluding ortho intramolecular Hbond substituents is 1. The van der Waals surface area contributed by atoms with E-state index in [2.05, 4.69) is 17.6 Å². The molecule has 232 valence electrons. The number of alkyl carbamates (subject to hydrolysis) is 1. The van der Waals surface area contributed by atoms with E-state index >= 15 is 0 Å². The Morgan fingerprint density at radius 3 is 2.17 bits per heavy atom. The fourth-order valence-electron chi connectivity index (χ4n) is 4.79. The molecule has 0 aliphatic carbocycles. The average molecular weight is 582 g/mol. The summed E-state index contributed by atoms with van der Waals surface area (Å²) < 4.78 is 5.47. The highest BCUT2D eigenvalue weighted by Crippen LogP contribution is 2.30. The molecule has 0 aliphatic rings. The normalized spacial score (nSPS) is 12.9. The first-order valence-electron chi connectivity index (χ1n) is 15.2. The van der Waals surface area contributed by atoms with Crippen molar-refractivity contribution in [3.05, 3.63) is 59.2 Å². The number of carbonyl (C=O) groups excluding carboxylic acids is 3. The molecule has 42 heavy (non-hydrogen) atoms. The van der Waals surface area contributed by atoms with Gasteiger partial charge >= 0.3 is 6.09 Å². The molecule has 0 spiro atoms. The minimum Gasteiger partial charge on any atom is -0.508 e. The number of nitrogens with one attached hydrogen (secondary N) is 2. The fraction of sp³-hybridized carbons (Fsp3) is 0.559. The van der Waals surface area contributed by atoms with Crippen LogP contribution in [0.15, 0.2) is 42.5 Å². The lowest BCUT2D eigenvalue weighted by molar-refractivity contribution is -0.141. The van der Waals surface area contributed by atoms with Gasteiger partial charge in [0.05, 0.1) is 0 Å². The van der Waals surface area contributed by atoms with Crippen LogP contribution in [0.1, 0.15) is 103 Å². The molecule has 0 saturated carbocycles. The van der Waals surface area contributed by atoms with Gasteiger partial charge in [-0.1, -0.05) is 77.1 Å². The number of amides is 3. The van der Waals surface area contributed by atoms with Crippen molar-refractivity contribution in [2.24, 2.45) is 5.92 Å². The van der Waals surface area contributed by atoms with Gasteiger partial charge in [-0.25, -0.2) is 4.79 Å². The Balaban J connectivity index is 2.54. The van der Waals surface area contributed by atoms with Crippen LogP contribution in [0.2, 0.25) is 0 Å². The number of para-hydroxylation sites is 1. The molecular formula is C34H51N3O5. The summed E-state index contributed by atoms with van der Waals surface area (Å²) in [5, 5.41) is 16.0. The second kappa shape index (κ2) is 16.2. The number of anilines is 1. The number of aromatic hydroxyl groups is 1. The summed E-state index contributed by atoms with van der Waals surface area (Å²) in [6.07, 6.45) is 5.39. The van der Waals surface area contributed by atoms with E-state index in [1.807, 2.05) is 45.0 Å². The van der Waals surface area contributed by atoms with E-state index in [1.54, 1.807) is 50.8 Å². The molecule has 3 amide bonds. The van der Waals surface area contributed by atoms with Crippen LogP contribution in [0.25, 0.3) is 0 Å². The number of phenols is 1. The van der Waals surface area contributed by atoms with E-state index in [0.29, 0.717) is 29.8 Å². The lowest BCUT2D eigenvalue weighted by Gasteiger charge is -2.36. The van der Waals surface area contributed by atoms with Gasteiger partial charge < -0.3 is 25.4 Å². The van der Waals surface area contributed by atoms with Crippen molar-refractivity contribution >= 4 is 23.6 Å². The van der Waals surface area contributed by atoms with E-state index in [4.69, 9.17) is 4.74 Å². The van der Waals surface area contributed by atoms with Gasteiger partial charge in [-0.2, -0.15) is 0 Å². The Bertz CT molecular complexity index is 1190. The van der Waals surface area contributed by atoms with Crippen LogP contribution in [-0.4, -0.2) is 46.1 Å². The minimum absolute atomic E-state index is 0.109. The summed E-state index contributed by atoms with van der Waals surface area (Å²) in [6, 6.07) is 10.5. The summed E-state index contributed by atoms with van der Waals surface area (Å²) in [6.45, 7) is 15.2. The molecule has 2 unspecified atom stereocenters. The van der Waals surface area contributed by atoms with Crippen molar-refractivity contribution in [2.75, 3.05) is 11.9 Å². The summed E-state index contributed by atoms with van der Waals surface area (Å²) in [5.74, 6) is -0.885. The third-order valence-electron chi connectivity index (χ3n) is 7.14. The lowest BCUT2D eigenvalue weighted by atomic mass is 9.97. The van der Waals surface area contributed by atoms with Crippen molar-refractivity contribution in [3.63, 3.8) is 0 Å². The van der Waals surface area contributed by atoms with Gasteiger partial charge in [-0.3, -0.25) is 9.59 Å². The van der Waals surface area contributed by atoms with E-state index in [1.165, 1.54) is 0 Å². The zero-order valence-corrected chi connectivity index (χ0v) is 26.8. The Labute approximate surface area is 252 Å². The molecule has 8 nitrogen and oxygen atoms in total. The molecule has 3 N–H and O–H groups in total. The molecule has 8 heteroatoms. The second-order valence-corrected chi connectivity index (χ2v) is 12.4. The molecule has 2 aromatic rings. The number of aryl methyl sites for hydroxylation is 2. The Morgan fingerprint density at radius 1 is 0.929 bits per heavy atom. The largest absolute Gasteiger partial charge is 0.508 e. The minimum atomic E-state index is -0.992. The highest BCUT2D eigenvalue weighted by Gasteiger charge is 2.37. The Hall–Kier alpha value is -3.55. The average Bonchev–Trinajstić information content (AvgIpc) is 2.90. The third kappa shape index (κ3) is 10.7. The molecule has 2 aromatic carbocycles. The van der Waals surface area contributed by atoms with Crippen LogP contribution in [0, 0.1) is 19.8 Å². The predicted molar refractivity (Wildman–Crippen MR) is 168 cm³/mol. The second-order valence-electron chi connectivity index (χ2n) is 12.4. The van der Waals surface area contributed by atoms with Crippen molar-refractivity contribution in [2.45, 2.75) is 112 Å².